The van der Waals surface area contributed by atoms with Crippen molar-refractivity contribution in [1.82, 2.24) is 0 Å². The number of para-hydroxylation sites is 4. The maximum absolute atomic E-state index is 2.27. The molecule has 4 heteroatoms. The van der Waals surface area contributed by atoms with E-state index in [0.29, 0.717) is 0 Å². The zero-order chi connectivity index (χ0) is 39.8. The lowest BCUT2D eigenvalue weighted by molar-refractivity contribution is 1.20. The van der Waals surface area contributed by atoms with E-state index in [0.717, 1.165) is 78.9 Å². The van der Waals surface area contributed by atoms with Crippen LogP contribution >= 0.6 is 0 Å². The summed E-state index contributed by atoms with van der Waals surface area (Å²) < 4.78 is 0. The Balaban J connectivity index is 1.29. The Bertz CT molecular complexity index is 2190. The predicted octanol–water partition coefficient (Wildman–Crippen LogP) is 13.8. The van der Waals surface area contributed by atoms with Crippen molar-refractivity contribution in [2.45, 2.75) is 0 Å². The van der Waals surface area contributed by atoms with E-state index in [-0.39, 0.29) is 0 Å². The van der Waals surface area contributed by atoms with Crippen LogP contribution in [0, 0.1) is 0 Å². The molecular weight excluding hydrogens is 705 g/mol. The van der Waals surface area contributed by atoms with Gasteiger partial charge in [-0.05, 0) is 130 Å². The third kappa shape index (κ3) is 8.14. The molecule has 0 heterocycles. The number of hydrogen-bond donors (Lipinski definition) is 0. The number of nitrogens with zero attached hydrogens (tertiary/aromatic N) is 4. The van der Waals surface area contributed by atoms with Crippen LogP contribution in [0.4, 0.5) is 45.5 Å². The van der Waals surface area contributed by atoms with Crippen molar-refractivity contribution in [3.8, 4) is 0 Å². The van der Waals surface area contributed by atoms with Gasteiger partial charge in [0.25, 0.3) is 0 Å². The Morgan fingerprint density at radius 1 is 0.207 bits per heavy atom. The molecule has 0 amide bonds. The van der Waals surface area contributed by atoms with E-state index in [4.69, 9.17) is 0 Å². The van der Waals surface area contributed by atoms with Gasteiger partial charge in [0.15, 0.2) is 0 Å². The summed E-state index contributed by atoms with van der Waals surface area (Å²) in [6.07, 6.45) is 0. The van der Waals surface area contributed by atoms with E-state index >= 15 is 0 Å². The third-order valence-electron chi connectivity index (χ3n) is 11.0. The van der Waals surface area contributed by atoms with Crippen LogP contribution in [-0.2, 0) is 0 Å². The molecule has 0 unspecified atom stereocenters. The van der Waals surface area contributed by atoms with Crippen molar-refractivity contribution < 1.29 is 0 Å². The van der Waals surface area contributed by atoms with Crippen LogP contribution in [0.5, 0.6) is 0 Å². The van der Waals surface area contributed by atoms with Crippen LogP contribution in [0.3, 0.4) is 0 Å². The molecule has 284 valence electrons. The molecule has 0 radical (unpaired) electrons. The average Bonchev–Trinajstić information content (AvgIpc) is 3.31. The highest BCUT2D eigenvalue weighted by molar-refractivity contribution is 6.05. The fourth-order valence-corrected chi connectivity index (χ4v) is 7.52. The summed E-state index contributed by atoms with van der Waals surface area (Å²) >= 11 is 0. The van der Waals surface area contributed by atoms with Crippen molar-refractivity contribution in [3.05, 3.63) is 241 Å². The van der Waals surface area contributed by atoms with E-state index in [1.165, 1.54) is 0 Å². The van der Waals surface area contributed by atoms with Crippen molar-refractivity contribution in [1.29, 1.82) is 0 Å². The lowest BCUT2D eigenvalue weighted by atomic mass is 9.85. The van der Waals surface area contributed by atoms with Crippen LogP contribution in [0.1, 0.15) is 22.3 Å². The van der Waals surface area contributed by atoms with Crippen LogP contribution in [0.25, 0.3) is 11.1 Å². The van der Waals surface area contributed by atoms with Gasteiger partial charge in [-0.3, -0.25) is 0 Å². The van der Waals surface area contributed by atoms with Gasteiger partial charge >= 0.3 is 0 Å². The fraction of sp³-hybridized carbons (Fsp3) is 0.0741. The van der Waals surface area contributed by atoms with Crippen molar-refractivity contribution >= 4 is 56.6 Å². The number of anilines is 8. The first-order valence-electron chi connectivity index (χ1n) is 19.8. The molecule has 0 aliphatic carbocycles. The Morgan fingerprint density at radius 3 is 0.534 bits per heavy atom. The second kappa shape index (κ2) is 17.2. The smallest absolute Gasteiger partial charge is 0.0408 e. The quantitative estimate of drug-likeness (QED) is 0.115. The minimum Gasteiger partial charge on any atom is -0.345 e. The normalized spacial score (nSPS) is 10.8. The van der Waals surface area contributed by atoms with Crippen molar-refractivity contribution in [3.63, 3.8) is 0 Å². The minimum absolute atomic E-state index is 1.12. The van der Waals surface area contributed by atoms with Gasteiger partial charge in [-0.15, -0.1) is 0 Å². The van der Waals surface area contributed by atoms with Crippen molar-refractivity contribution in [2.24, 2.45) is 0 Å². The molecule has 58 heavy (non-hydrogen) atoms. The molecule has 0 atom stereocenters. The van der Waals surface area contributed by atoms with E-state index in [2.05, 4.69) is 266 Å². The van der Waals surface area contributed by atoms with Crippen molar-refractivity contribution in [2.75, 3.05) is 47.8 Å². The summed E-state index contributed by atoms with van der Waals surface area (Å²) in [7, 11) is 8.49. The Morgan fingerprint density at radius 2 is 0.362 bits per heavy atom. The molecule has 0 N–H and O–H groups in total. The topological polar surface area (TPSA) is 13.0 Å². The van der Waals surface area contributed by atoms with Crippen LogP contribution in [0.15, 0.2) is 218 Å². The highest BCUT2D eigenvalue weighted by atomic mass is 15.1. The first kappa shape index (κ1) is 37.6. The largest absolute Gasteiger partial charge is 0.345 e. The molecule has 0 aromatic heterocycles. The third-order valence-corrected chi connectivity index (χ3v) is 11.0. The van der Waals surface area contributed by atoms with E-state index in [1.807, 2.05) is 0 Å². The molecule has 8 rings (SSSR count). The highest BCUT2D eigenvalue weighted by Crippen LogP contribution is 2.40. The number of hydrogen-bond acceptors (Lipinski definition) is 4. The summed E-state index contributed by atoms with van der Waals surface area (Å²) in [5.41, 5.74) is 16.0. The van der Waals surface area contributed by atoms with Gasteiger partial charge in [-0.25, -0.2) is 0 Å². The summed E-state index contributed by atoms with van der Waals surface area (Å²) in [6.45, 7) is 0. The van der Waals surface area contributed by atoms with Gasteiger partial charge in [0.05, 0.1) is 0 Å². The Kier molecular flexibility index (Phi) is 11.2. The SMILES string of the molecule is CN(c1ccccc1)c1ccc(C(=C(c2ccc(N(C)c3ccccc3)cc2)c2ccc(N(C)c3ccccc3)cc2)c2ccc(N(C)c3ccccc3)cc2)cc1. The fourth-order valence-electron chi connectivity index (χ4n) is 7.52. The summed E-state index contributed by atoms with van der Waals surface area (Å²) in [5, 5.41) is 0. The first-order valence-corrected chi connectivity index (χ1v) is 19.8. The molecular formula is C54H48N4. The first-order chi connectivity index (χ1) is 28.4. The molecule has 0 bridgehead atoms. The van der Waals surface area contributed by atoms with Crippen LogP contribution in [-0.4, -0.2) is 28.2 Å². The number of rotatable bonds is 12. The van der Waals surface area contributed by atoms with Gasteiger partial charge in [0, 0.05) is 73.7 Å². The molecule has 0 fully saturated rings. The summed E-state index contributed by atoms with van der Waals surface area (Å²) in [5.74, 6) is 0. The monoisotopic (exact) mass is 752 g/mol. The van der Waals surface area contributed by atoms with Gasteiger partial charge in [-0.2, -0.15) is 0 Å². The van der Waals surface area contributed by atoms with Gasteiger partial charge in [-0.1, -0.05) is 121 Å². The van der Waals surface area contributed by atoms with Gasteiger partial charge in [0.2, 0.25) is 0 Å². The van der Waals surface area contributed by atoms with Crippen LogP contribution < -0.4 is 19.6 Å². The molecule has 8 aromatic rings. The van der Waals surface area contributed by atoms with E-state index < -0.39 is 0 Å². The standard InChI is InChI=1S/C54H48N4/c1-55(45-17-9-5-10-18-45)49-33-25-41(26-34-49)53(42-27-35-50(36-28-42)56(2)46-19-11-6-12-20-46)54(43-29-37-51(38-30-43)57(3)47-21-13-7-14-22-47)44-31-39-52(40-32-44)58(4)48-23-15-8-16-24-48/h5-40H,1-4H3. The second-order valence-electron chi connectivity index (χ2n) is 14.5. The van der Waals surface area contributed by atoms with Gasteiger partial charge in [0.1, 0.15) is 0 Å². The molecule has 4 nitrogen and oxygen atoms in total. The minimum atomic E-state index is 1.12. The molecule has 0 aliphatic heterocycles. The zero-order valence-corrected chi connectivity index (χ0v) is 33.6. The molecule has 0 aliphatic rings. The molecule has 0 spiro atoms. The Labute approximate surface area is 343 Å². The van der Waals surface area contributed by atoms with E-state index in [9.17, 15) is 0 Å². The maximum Gasteiger partial charge on any atom is 0.0408 e. The van der Waals surface area contributed by atoms with Crippen LogP contribution in [0.2, 0.25) is 0 Å². The average molecular weight is 753 g/mol. The lowest BCUT2D eigenvalue weighted by Gasteiger charge is -2.24. The van der Waals surface area contributed by atoms with E-state index in [1.54, 1.807) is 0 Å². The molecule has 0 saturated carbocycles. The second-order valence-corrected chi connectivity index (χ2v) is 14.5. The lowest BCUT2D eigenvalue weighted by Crippen LogP contribution is -2.10. The highest BCUT2D eigenvalue weighted by Gasteiger charge is 2.19. The molecule has 8 aromatic carbocycles. The number of benzene rings is 8. The Hall–Kier alpha value is -7.30. The molecule has 0 saturated heterocycles. The maximum atomic E-state index is 2.27. The summed E-state index contributed by atoms with van der Waals surface area (Å²) in [4.78, 5) is 8.91. The predicted molar refractivity (Wildman–Crippen MR) is 249 cm³/mol. The summed E-state index contributed by atoms with van der Waals surface area (Å²) in [6, 6.07) is 78.0. The zero-order valence-electron chi connectivity index (χ0n) is 33.6. The van der Waals surface area contributed by atoms with Gasteiger partial charge < -0.3 is 19.6 Å².